The fourth-order valence-electron chi connectivity index (χ4n) is 3.80. The van der Waals surface area contributed by atoms with E-state index in [9.17, 15) is 9.59 Å². The zero-order valence-electron chi connectivity index (χ0n) is 18.9. The molecule has 0 saturated heterocycles. The Morgan fingerprint density at radius 1 is 1.26 bits per heavy atom. The van der Waals surface area contributed by atoms with Crippen LogP contribution in [0.1, 0.15) is 35.1 Å². The van der Waals surface area contributed by atoms with Gasteiger partial charge in [0.25, 0.3) is 5.91 Å². The molecular formula is C23H24FN7O3S. The van der Waals surface area contributed by atoms with E-state index in [4.69, 9.17) is 10.8 Å². The van der Waals surface area contributed by atoms with Crippen LogP contribution in [-0.2, 0) is 6.54 Å². The van der Waals surface area contributed by atoms with E-state index in [2.05, 4.69) is 26.0 Å². The average Bonchev–Trinajstić information content (AvgIpc) is 3.48. The highest BCUT2D eigenvalue weighted by atomic mass is 32.1. The van der Waals surface area contributed by atoms with Crippen LogP contribution in [0.15, 0.2) is 48.0 Å². The number of carbonyl (C=O) groups excluding carboxylic acids is 1. The first-order chi connectivity index (χ1) is 16.8. The second-order valence-electron chi connectivity index (χ2n) is 7.78. The van der Waals surface area contributed by atoms with Crippen molar-refractivity contribution in [2.75, 3.05) is 10.6 Å². The Kier molecular flexibility index (Phi) is 6.82. The summed E-state index contributed by atoms with van der Waals surface area (Å²) in [5.74, 6) is -1.75. The van der Waals surface area contributed by atoms with Crippen molar-refractivity contribution in [3.05, 3.63) is 64.2 Å². The topological polar surface area (TPSA) is 147 Å². The summed E-state index contributed by atoms with van der Waals surface area (Å²) in [7, 11) is 0. The van der Waals surface area contributed by atoms with Crippen LogP contribution in [0.3, 0.4) is 0 Å². The van der Waals surface area contributed by atoms with E-state index < -0.39 is 29.9 Å². The van der Waals surface area contributed by atoms with Crippen LogP contribution in [0.4, 0.5) is 26.5 Å². The number of amides is 2. The lowest BCUT2D eigenvalue weighted by Gasteiger charge is -2.25. The monoisotopic (exact) mass is 497 g/mol. The molecule has 1 aromatic carbocycles. The highest BCUT2D eigenvalue weighted by molar-refractivity contribution is 7.10. The summed E-state index contributed by atoms with van der Waals surface area (Å²) in [4.78, 5) is 28.4. The lowest BCUT2D eigenvalue weighted by atomic mass is 10.1. The van der Waals surface area contributed by atoms with Crippen molar-refractivity contribution in [2.45, 2.75) is 32.5 Å². The molecule has 2 atom stereocenters. The second kappa shape index (κ2) is 9.97. The number of nitrogens with two attached hydrogens (primary N) is 1. The summed E-state index contributed by atoms with van der Waals surface area (Å²) in [6, 6.07) is 8.93. The number of hydrogen-bond acceptors (Lipinski definition) is 7. The van der Waals surface area contributed by atoms with Crippen LogP contribution in [0.5, 0.6) is 0 Å². The standard InChI is InChI=1S/C23H24FN7O3S/c1-3-31-17-7-4-6-16(14(17)11-26-31)28-21-13(20(25)32)10-15(24)22(30-21)29-19(12(2)27-23(33)34)18-8-5-9-35-18/h4-12,19,27H,3H2,1-2H3,(H2,25,32)(H,33,34)(H2,28,29,30)/t12-,19-/m0/s1. The Labute approximate surface area is 204 Å². The molecule has 4 rings (SSSR count). The van der Waals surface area contributed by atoms with Crippen LogP contribution in [0, 0.1) is 5.82 Å². The SMILES string of the molecule is CCn1ncc2c(Nc3nc(N[C@H](c4cccs4)[C@H](C)NC(=O)O)c(F)cc3C(N)=O)cccc21. The number of aromatic nitrogens is 3. The Bertz CT molecular complexity index is 1370. The van der Waals surface area contributed by atoms with Crippen LogP contribution >= 0.6 is 11.3 Å². The van der Waals surface area contributed by atoms with Crippen LogP contribution in [-0.4, -0.2) is 37.9 Å². The molecule has 12 heteroatoms. The maximum Gasteiger partial charge on any atom is 0.404 e. The highest BCUT2D eigenvalue weighted by Gasteiger charge is 2.25. The van der Waals surface area contributed by atoms with Gasteiger partial charge in [-0.05, 0) is 43.5 Å². The molecular weight excluding hydrogens is 473 g/mol. The number of carbonyl (C=O) groups is 2. The number of rotatable bonds is 9. The van der Waals surface area contributed by atoms with Crippen molar-refractivity contribution in [2.24, 2.45) is 5.73 Å². The van der Waals surface area contributed by atoms with Gasteiger partial charge in [-0.1, -0.05) is 12.1 Å². The van der Waals surface area contributed by atoms with Crippen molar-refractivity contribution in [1.29, 1.82) is 0 Å². The normalized spacial score (nSPS) is 12.8. The molecule has 0 bridgehead atoms. The molecule has 4 aromatic rings. The van der Waals surface area contributed by atoms with Gasteiger partial charge in [0.2, 0.25) is 0 Å². The van der Waals surface area contributed by atoms with Gasteiger partial charge in [0.15, 0.2) is 11.6 Å². The summed E-state index contributed by atoms with van der Waals surface area (Å²) in [6.07, 6.45) is 0.487. The molecule has 0 radical (unpaired) electrons. The zero-order valence-corrected chi connectivity index (χ0v) is 19.8. The molecule has 0 spiro atoms. The number of pyridine rings is 1. The maximum absolute atomic E-state index is 15.1. The Morgan fingerprint density at radius 3 is 2.71 bits per heavy atom. The van der Waals surface area contributed by atoms with Gasteiger partial charge in [-0.2, -0.15) is 5.10 Å². The number of anilines is 3. The van der Waals surface area contributed by atoms with E-state index in [1.807, 2.05) is 41.3 Å². The summed E-state index contributed by atoms with van der Waals surface area (Å²) < 4.78 is 16.9. The van der Waals surface area contributed by atoms with E-state index in [1.54, 1.807) is 19.2 Å². The highest BCUT2D eigenvalue weighted by Crippen LogP contribution is 2.31. The van der Waals surface area contributed by atoms with Crippen molar-refractivity contribution < 1.29 is 19.1 Å². The molecule has 0 fully saturated rings. The number of thiophene rings is 1. The van der Waals surface area contributed by atoms with E-state index in [0.717, 1.165) is 21.8 Å². The van der Waals surface area contributed by atoms with Gasteiger partial charge in [0.05, 0.1) is 35.0 Å². The number of primary amides is 1. The largest absolute Gasteiger partial charge is 0.465 e. The van der Waals surface area contributed by atoms with Gasteiger partial charge in [-0.25, -0.2) is 14.2 Å². The lowest BCUT2D eigenvalue weighted by molar-refractivity contribution is 0.100. The third kappa shape index (κ3) is 5.01. The number of carboxylic acid groups (broad SMARTS) is 1. The van der Waals surface area contributed by atoms with Crippen LogP contribution in [0.25, 0.3) is 10.9 Å². The number of fused-ring (bicyclic) bond motifs is 1. The minimum absolute atomic E-state index is 0.0573. The smallest absolute Gasteiger partial charge is 0.404 e. The first-order valence-corrected chi connectivity index (χ1v) is 11.7. The van der Waals surface area contributed by atoms with Gasteiger partial charge in [0, 0.05) is 16.8 Å². The molecule has 0 aliphatic carbocycles. The third-order valence-electron chi connectivity index (χ3n) is 5.47. The molecule has 0 saturated carbocycles. The number of nitrogens with one attached hydrogen (secondary N) is 3. The minimum atomic E-state index is -1.21. The number of hydrogen-bond donors (Lipinski definition) is 5. The zero-order chi connectivity index (χ0) is 25.1. The first kappa shape index (κ1) is 24.0. The number of benzene rings is 1. The third-order valence-corrected chi connectivity index (χ3v) is 6.43. The Hall–Kier alpha value is -4.19. The Morgan fingerprint density at radius 2 is 2.06 bits per heavy atom. The Balaban J connectivity index is 1.74. The van der Waals surface area contributed by atoms with Crippen molar-refractivity contribution in [1.82, 2.24) is 20.1 Å². The molecule has 0 aliphatic heterocycles. The summed E-state index contributed by atoms with van der Waals surface area (Å²) in [6.45, 7) is 4.31. The molecule has 3 aromatic heterocycles. The molecule has 6 N–H and O–H groups in total. The summed E-state index contributed by atoms with van der Waals surface area (Å²) in [5, 5.41) is 24.6. The van der Waals surface area contributed by atoms with E-state index in [1.165, 1.54) is 11.3 Å². The van der Waals surface area contributed by atoms with Crippen molar-refractivity contribution in [3.63, 3.8) is 0 Å². The van der Waals surface area contributed by atoms with Gasteiger partial charge >= 0.3 is 6.09 Å². The molecule has 0 unspecified atom stereocenters. The predicted molar refractivity (Wildman–Crippen MR) is 133 cm³/mol. The number of aryl methyl sites for hydroxylation is 1. The predicted octanol–water partition coefficient (Wildman–Crippen LogP) is 4.30. The van der Waals surface area contributed by atoms with Gasteiger partial charge in [0.1, 0.15) is 5.82 Å². The van der Waals surface area contributed by atoms with Crippen LogP contribution < -0.4 is 21.7 Å². The second-order valence-corrected chi connectivity index (χ2v) is 8.76. The molecule has 2 amide bonds. The minimum Gasteiger partial charge on any atom is -0.465 e. The van der Waals surface area contributed by atoms with Crippen molar-refractivity contribution >= 4 is 51.6 Å². The van der Waals surface area contributed by atoms with Crippen LogP contribution in [0.2, 0.25) is 0 Å². The average molecular weight is 498 g/mol. The van der Waals surface area contributed by atoms with Crippen molar-refractivity contribution in [3.8, 4) is 0 Å². The molecule has 182 valence electrons. The maximum atomic E-state index is 15.1. The summed E-state index contributed by atoms with van der Waals surface area (Å²) >= 11 is 1.39. The number of nitrogens with zero attached hydrogens (tertiary/aromatic N) is 3. The van der Waals surface area contributed by atoms with Gasteiger partial charge < -0.3 is 26.8 Å². The fourth-order valence-corrected chi connectivity index (χ4v) is 4.68. The lowest BCUT2D eigenvalue weighted by Crippen LogP contribution is -2.39. The quantitative estimate of drug-likeness (QED) is 0.232. The molecule has 3 heterocycles. The van der Waals surface area contributed by atoms with E-state index >= 15 is 4.39 Å². The van der Waals surface area contributed by atoms with E-state index in [-0.39, 0.29) is 17.2 Å². The number of halogens is 1. The first-order valence-electron chi connectivity index (χ1n) is 10.8. The molecule has 0 aliphatic rings. The summed E-state index contributed by atoms with van der Waals surface area (Å²) in [5.41, 5.74) is 6.88. The fraction of sp³-hybridized carbons (Fsp3) is 0.217. The van der Waals surface area contributed by atoms with E-state index in [0.29, 0.717) is 12.2 Å². The van der Waals surface area contributed by atoms with Gasteiger partial charge in [-0.15, -0.1) is 11.3 Å². The molecule has 10 nitrogen and oxygen atoms in total. The molecule has 35 heavy (non-hydrogen) atoms. The van der Waals surface area contributed by atoms with Gasteiger partial charge in [-0.3, -0.25) is 9.48 Å².